The van der Waals surface area contributed by atoms with Gasteiger partial charge in [0.1, 0.15) is 0 Å². The molecule has 0 aromatic rings. The second-order valence-corrected chi connectivity index (χ2v) is 3.10. The minimum atomic E-state index is -1.46. The monoisotopic (exact) mass is 219 g/mol. The number of carboxylic acid groups (broad SMARTS) is 1. The molecule has 1 unspecified atom stereocenters. The zero-order chi connectivity index (χ0) is 11.8. The van der Waals surface area contributed by atoms with Crippen molar-refractivity contribution < 1.29 is 24.2 Å². The van der Waals surface area contributed by atoms with Crippen molar-refractivity contribution in [2.45, 2.75) is 13.0 Å². The Morgan fingerprint density at radius 1 is 1.33 bits per heavy atom. The van der Waals surface area contributed by atoms with E-state index in [4.69, 9.17) is 14.6 Å². The first-order valence-electron chi connectivity index (χ1n) is 4.56. The second kappa shape index (κ2) is 7.19. The van der Waals surface area contributed by atoms with Gasteiger partial charge in [0.05, 0.1) is 19.3 Å². The third kappa shape index (κ3) is 4.75. The molecule has 88 valence electrons. The predicted molar refractivity (Wildman–Crippen MR) is 52.6 cm³/mol. The van der Waals surface area contributed by atoms with E-state index in [9.17, 15) is 9.59 Å². The minimum Gasteiger partial charge on any atom is -0.474 e. The van der Waals surface area contributed by atoms with Crippen molar-refractivity contribution in [3.8, 4) is 0 Å². The van der Waals surface area contributed by atoms with Crippen molar-refractivity contribution in [2.75, 3.05) is 34.0 Å². The molecule has 15 heavy (non-hydrogen) atoms. The number of nitrogens with zero attached hydrogens (tertiary/aromatic N) is 1. The largest absolute Gasteiger partial charge is 0.474 e. The fourth-order valence-electron chi connectivity index (χ4n) is 1.17. The number of carbonyl (C=O) groups is 2. The molecule has 6 heteroatoms. The summed E-state index contributed by atoms with van der Waals surface area (Å²) in [5.74, 6) is -2.40. The molecule has 6 nitrogen and oxygen atoms in total. The minimum absolute atomic E-state index is 0.242. The highest BCUT2D eigenvalue weighted by molar-refractivity contribution is 6.31. The van der Waals surface area contributed by atoms with Gasteiger partial charge in [-0.2, -0.15) is 0 Å². The predicted octanol–water partition coefficient (Wildman–Crippen LogP) is -0.419. The van der Waals surface area contributed by atoms with E-state index in [0.29, 0.717) is 13.2 Å². The number of ether oxygens (including phenoxy) is 2. The van der Waals surface area contributed by atoms with E-state index >= 15 is 0 Å². The lowest BCUT2D eigenvalue weighted by Crippen LogP contribution is -2.46. The third-order valence-electron chi connectivity index (χ3n) is 1.92. The number of methoxy groups -OCH3 is 2. The zero-order valence-corrected chi connectivity index (χ0v) is 9.23. The molecule has 1 amide bonds. The Balaban J connectivity index is 4.41. The van der Waals surface area contributed by atoms with Gasteiger partial charge in [-0.05, 0) is 6.92 Å². The van der Waals surface area contributed by atoms with Crippen molar-refractivity contribution in [1.82, 2.24) is 4.90 Å². The Morgan fingerprint density at radius 3 is 2.33 bits per heavy atom. The van der Waals surface area contributed by atoms with E-state index < -0.39 is 11.9 Å². The van der Waals surface area contributed by atoms with Crippen LogP contribution >= 0.6 is 0 Å². The summed E-state index contributed by atoms with van der Waals surface area (Å²) in [6.07, 6.45) is 0. The highest BCUT2D eigenvalue weighted by atomic mass is 16.5. The van der Waals surface area contributed by atoms with Crippen molar-refractivity contribution >= 4 is 11.9 Å². The van der Waals surface area contributed by atoms with E-state index in [-0.39, 0.29) is 12.6 Å². The normalized spacial score (nSPS) is 12.2. The Morgan fingerprint density at radius 2 is 1.93 bits per heavy atom. The molecule has 0 bridgehead atoms. The van der Waals surface area contributed by atoms with Crippen LogP contribution in [0.1, 0.15) is 6.92 Å². The van der Waals surface area contributed by atoms with Gasteiger partial charge in [0.2, 0.25) is 0 Å². The first-order valence-corrected chi connectivity index (χ1v) is 4.56. The molecule has 0 aromatic carbocycles. The molecule has 0 aromatic heterocycles. The average Bonchev–Trinajstić information content (AvgIpc) is 2.18. The fourth-order valence-corrected chi connectivity index (χ4v) is 1.17. The summed E-state index contributed by atoms with van der Waals surface area (Å²) >= 11 is 0. The van der Waals surface area contributed by atoms with Crippen LogP contribution in [0.5, 0.6) is 0 Å². The zero-order valence-electron chi connectivity index (χ0n) is 9.23. The van der Waals surface area contributed by atoms with Gasteiger partial charge >= 0.3 is 11.9 Å². The number of carbonyl (C=O) groups excluding carboxylic acids is 1. The van der Waals surface area contributed by atoms with E-state index in [0.717, 1.165) is 0 Å². The van der Waals surface area contributed by atoms with Gasteiger partial charge in [0.15, 0.2) is 0 Å². The Labute approximate surface area is 88.8 Å². The van der Waals surface area contributed by atoms with Crippen LogP contribution in [0.25, 0.3) is 0 Å². The highest BCUT2D eigenvalue weighted by Crippen LogP contribution is 2.00. The molecule has 0 saturated carbocycles. The van der Waals surface area contributed by atoms with Crippen LogP contribution in [-0.4, -0.2) is 61.9 Å². The molecule has 0 rings (SSSR count). The molecule has 0 spiro atoms. The number of carboxylic acids is 1. The molecule has 0 heterocycles. The van der Waals surface area contributed by atoms with Crippen LogP contribution < -0.4 is 0 Å². The van der Waals surface area contributed by atoms with E-state index in [1.165, 1.54) is 19.1 Å². The van der Waals surface area contributed by atoms with Crippen LogP contribution in [0, 0.1) is 0 Å². The maximum absolute atomic E-state index is 11.3. The lowest BCUT2D eigenvalue weighted by atomic mass is 10.3. The summed E-state index contributed by atoms with van der Waals surface area (Å²) in [5, 5.41) is 8.60. The highest BCUT2D eigenvalue weighted by Gasteiger charge is 2.25. The summed E-state index contributed by atoms with van der Waals surface area (Å²) in [6, 6.07) is -0.284. The summed E-state index contributed by atoms with van der Waals surface area (Å²) < 4.78 is 9.67. The molecule has 1 atom stereocenters. The van der Waals surface area contributed by atoms with Crippen molar-refractivity contribution in [3.05, 3.63) is 0 Å². The number of aliphatic carboxylic acids is 1. The molecular formula is C9H17NO5. The maximum atomic E-state index is 11.3. The summed E-state index contributed by atoms with van der Waals surface area (Å²) in [7, 11) is 2.99. The maximum Gasteiger partial charge on any atom is 0.394 e. The molecule has 0 radical (unpaired) electrons. The molecule has 0 aliphatic rings. The van der Waals surface area contributed by atoms with E-state index in [1.807, 2.05) is 0 Å². The van der Waals surface area contributed by atoms with Gasteiger partial charge < -0.3 is 19.5 Å². The number of hydrogen-bond acceptors (Lipinski definition) is 4. The molecular weight excluding hydrogens is 202 g/mol. The van der Waals surface area contributed by atoms with Crippen LogP contribution in [0.4, 0.5) is 0 Å². The fraction of sp³-hybridized carbons (Fsp3) is 0.778. The summed E-state index contributed by atoms with van der Waals surface area (Å²) in [4.78, 5) is 23.0. The van der Waals surface area contributed by atoms with Gasteiger partial charge in [-0.15, -0.1) is 0 Å². The standard InChI is InChI=1S/C9H17NO5/c1-7(6-15-3)10(4-5-14-2)8(11)9(12)13/h7H,4-6H2,1-3H3,(H,12,13). The molecule has 0 aliphatic carbocycles. The van der Waals surface area contributed by atoms with Gasteiger partial charge in [-0.1, -0.05) is 0 Å². The second-order valence-electron chi connectivity index (χ2n) is 3.10. The van der Waals surface area contributed by atoms with E-state index in [2.05, 4.69) is 0 Å². The first-order chi connectivity index (χ1) is 7.04. The molecule has 1 N–H and O–H groups in total. The van der Waals surface area contributed by atoms with Crippen LogP contribution in [0.3, 0.4) is 0 Å². The smallest absolute Gasteiger partial charge is 0.394 e. The molecule has 0 fully saturated rings. The van der Waals surface area contributed by atoms with Gasteiger partial charge in [0, 0.05) is 20.8 Å². The molecule has 0 saturated heterocycles. The van der Waals surface area contributed by atoms with Crippen molar-refractivity contribution in [3.63, 3.8) is 0 Å². The quantitative estimate of drug-likeness (QED) is 0.614. The first kappa shape index (κ1) is 13.9. The SMILES string of the molecule is COCCN(C(=O)C(=O)O)C(C)COC. The van der Waals surface area contributed by atoms with Crippen LogP contribution in [-0.2, 0) is 19.1 Å². The van der Waals surface area contributed by atoms with Crippen molar-refractivity contribution in [1.29, 1.82) is 0 Å². The number of amides is 1. The average molecular weight is 219 g/mol. The third-order valence-corrected chi connectivity index (χ3v) is 1.92. The number of rotatable bonds is 6. The Kier molecular flexibility index (Phi) is 6.64. The topological polar surface area (TPSA) is 76.1 Å². The van der Waals surface area contributed by atoms with Crippen LogP contribution in [0.2, 0.25) is 0 Å². The summed E-state index contributed by atoms with van der Waals surface area (Å²) in [5.41, 5.74) is 0. The van der Waals surface area contributed by atoms with E-state index in [1.54, 1.807) is 6.92 Å². The van der Waals surface area contributed by atoms with Crippen LogP contribution in [0.15, 0.2) is 0 Å². The van der Waals surface area contributed by atoms with Crippen molar-refractivity contribution in [2.24, 2.45) is 0 Å². The lowest BCUT2D eigenvalue weighted by Gasteiger charge is -2.26. The van der Waals surface area contributed by atoms with Gasteiger partial charge in [-0.3, -0.25) is 4.79 Å². The van der Waals surface area contributed by atoms with Gasteiger partial charge in [-0.25, -0.2) is 4.79 Å². The Hall–Kier alpha value is -1.14. The lowest BCUT2D eigenvalue weighted by molar-refractivity contribution is -0.158. The summed E-state index contributed by atoms with van der Waals surface area (Å²) in [6.45, 7) is 2.56. The Bertz CT molecular complexity index is 219. The van der Waals surface area contributed by atoms with Gasteiger partial charge in [0.25, 0.3) is 0 Å². The number of hydrogen-bond donors (Lipinski definition) is 1. The molecule has 0 aliphatic heterocycles.